The topological polar surface area (TPSA) is 56.2 Å². The van der Waals surface area contributed by atoms with Gasteiger partial charge in [-0.15, -0.1) is 23.7 Å². The van der Waals surface area contributed by atoms with Gasteiger partial charge in [0.2, 0.25) is 0 Å². The van der Waals surface area contributed by atoms with Crippen molar-refractivity contribution in [2.75, 3.05) is 5.73 Å². The third-order valence-corrected chi connectivity index (χ3v) is 4.42. The van der Waals surface area contributed by atoms with Crippen LogP contribution in [0.5, 0.6) is 0 Å². The molecule has 0 spiro atoms. The molecule has 0 amide bonds. The second kappa shape index (κ2) is 6.75. The van der Waals surface area contributed by atoms with E-state index >= 15 is 0 Å². The Morgan fingerprint density at radius 2 is 1.88 bits per heavy atom. The molecule has 3 heterocycles. The lowest BCUT2D eigenvalue weighted by Crippen LogP contribution is -1.93. The Kier molecular flexibility index (Phi) is 4.52. The summed E-state index contributed by atoms with van der Waals surface area (Å²) in [6, 6.07) is 13.9. The summed E-state index contributed by atoms with van der Waals surface area (Å²) in [5.41, 5.74) is 8.70. The molecule has 0 atom stereocenters. The third-order valence-electron chi connectivity index (χ3n) is 3.41. The largest absolute Gasteiger partial charge is 0.383 e. The Balaban J connectivity index is 0.00000169. The molecular formula is C18H13ClN4S. The van der Waals surface area contributed by atoms with Gasteiger partial charge in [0.1, 0.15) is 11.5 Å². The number of thiophene rings is 1. The SMILES string of the molecule is Cl.Nc1c(-c2ccc(C#Cc3ccccc3)s2)nc2cnccn12. The average molecular weight is 353 g/mol. The van der Waals surface area contributed by atoms with Crippen molar-refractivity contribution in [1.82, 2.24) is 14.4 Å². The van der Waals surface area contributed by atoms with Gasteiger partial charge in [0.25, 0.3) is 0 Å². The molecule has 0 bridgehead atoms. The molecule has 0 fully saturated rings. The van der Waals surface area contributed by atoms with E-state index in [0.29, 0.717) is 5.82 Å². The van der Waals surface area contributed by atoms with Gasteiger partial charge in [-0.3, -0.25) is 9.38 Å². The summed E-state index contributed by atoms with van der Waals surface area (Å²) in [6.07, 6.45) is 5.20. The zero-order valence-electron chi connectivity index (χ0n) is 12.5. The van der Waals surface area contributed by atoms with Gasteiger partial charge >= 0.3 is 0 Å². The van der Waals surface area contributed by atoms with E-state index in [1.54, 1.807) is 23.7 Å². The van der Waals surface area contributed by atoms with E-state index in [1.807, 2.05) is 53.1 Å². The summed E-state index contributed by atoms with van der Waals surface area (Å²) in [6.45, 7) is 0. The van der Waals surface area contributed by atoms with E-state index in [0.717, 1.165) is 26.7 Å². The van der Waals surface area contributed by atoms with Crippen LogP contribution in [-0.2, 0) is 0 Å². The van der Waals surface area contributed by atoms with Crippen LogP contribution in [-0.4, -0.2) is 14.4 Å². The molecule has 4 rings (SSSR count). The van der Waals surface area contributed by atoms with Crippen molar-refractivity contribution in [1.29, 1.82) is 0 Å². The van der Waals surface area contributed by atoms with Crippen LogP contribution in [0.2, 0.25) is 0 Å². The lowest BCUT2D eigenvalue weighted by Gasteiger charge is -1.94. The standard InChI is InChI=1S/C18H12N4S.ClH/c19-18-17(21-16-12-20-10-11-22(16)18)15-9-8-14(23-15)7-6-13-4-2-1-3-5-13;/h1-5,8-12H,19H2;1H. The van der Waals surface area contributed by atoms with Gasteiger partial charge in [-0.25, -0.2) is 4.98 Å². The quantitative estimate of drug-likeness (QED) is 0.529. The fraction of sp³-hybridized carbons (Fsp3) is 0. The molecule has 4 aromatic rings. The highest BCUT2D eigenvalue weighted by Crippen LogP contribution is 2.31. The molecule has 1 aromatic carbocycles. The van der Waals surface area contributed by atoms with Crippen molar-refractivity contribution in [2.24, 2.45) is 0 Å². The number of benzene rings is 1. The number of nitrogen functional groups attached to an aromatic ring is 1. The monoisotopic (exact) mass is 352 g/mol. The molecule has 3 aromatic heterocycles. The van der Waals surface area contributed by atoms with Crippen molar-refractivity contribution in [3.8, 4) is 22.4 Å². The molecular weight excluding hydrogens is 340 g/mol. The summed E-state index contributed by atoms with van der Waals surface area (Å²) < 4.78 is 1.83. The second-order valence-corrected chi connectivity index (χ2v) is 6.01. The molecule has 118 valence electrons. The first kappa shape index (κ1) is 16.1. The number of halogens is 1. The van der Waals surface area contributed by atoms with E-state index in [9.17, 15) is 0 Å². The van der Waals surface area contributed by atoms with Crippen LogP contribution in [0.15, 0.2) is 61.1 Å². The van der Waals surface area contributed by atoms with Gasteiger partial charge in [-0.1, -0.05) is 30.0 Å². The Bertz CT molecular complexity index is 1040. The Morgan fingerprint density at radius 1 is 1.04 bits per heavy atom. The second-order valence-electron chi connectivity index (χ2n) is 4.93. The van der Waals surface area contributed by atoms with Crippen LogP contribution in [0.4, 0.5) is 5.82 Å². The minimum absolute atomic E-state index is 0. The van der Waals surface area contributed by atoms with Crippen molar-refractivity contribution >= 4 is 35.2 Å². The number of hydrogen-bond donors (Lipinski definition) is 1. The minimum Gasteiger partial charge on any atom is -0.383 e. The molecule has 4 nitrogen and oxygen atoms in total. The predicted octanol–water partition coefficient (Wildman–Crippen LogP) is 3.86. The van der Waals surface area contributed by atoms with Gasteiger partial charge in [0.15, 0.2) is 5.65 Å². The molecule has 0 radical (unpaired) electrons. The van der Waals surface area contributed by atoms with E-state index in [4.69, 9.17) is 5.73 Å². The molecule has 2 N–H and O–H groups in total. The predicted molar refractivity (Wildman–Crippen MR) is 100 cm³/mol. The maximum absolute atomic E-state index is 6.19. The van der Waals surface area contributed by atoms with Crippen LogP contribution in [0, 0.1) is 11.8 Å². The van der Waals surface area contributed by atoms with E-state index in [2.05, 4.69) is 21.8 Å². The van der Waals surface area contributed by atoms with E-state index in [-0.39, 0.29) is 12.4 Å². The average Bonchev–Trinajstić information content (AvgIpc) is 3.19. The molecule has 0 aliphatic rings. The highest BCUT2D eigenvalue weighted by atomic mass is 35.5. The summed E-state index contributed by atoms with van der Waals surface area (Å²) in [5.74, 6) is 6.96. The van der Waals surface area contributed by atoms with Gasteiger partial charge in [-0.2, -0.15) is 0 Å². The number of nitrogens with two attached hydrogens (primary N) is 1. The van der Waals surface area contributed by atoms with Gasteiger partial charge < -0.3 is 5.73 Å². The summed E-state index contributed by atoms with van der Waals surface area (Å²) in [7, 11) is 0. The number of anilines is 1. The maximum Gasteiger partial charge on any atom is 0.157 e. The zero-order chi connectivity index (χ0) is 15.6. The number of nitrogens with zero attached hydrogens (tertiary/aromatic N) is 3. The third kappa shape index (κ3) is 2.98. The van der Waals surface area contributed by atoms with E-state index < -0.39 is 0 Å². The highest BCUT2D eigenvalue weighted by molar-refractivity contribution is 7.16. The van der Waals surface area contributed by atoms with Crippen molar-refractivity contribution in [2.45, 2.75) is 0 Å². The first-order valence-corrected chi connectivity index (χ1v) is 7.88. The van der Waals surface area contributed by atoms with Crippen molar-refractivity contribution in [3.63, 3.8) is 0 Å². The lowest BCUT2D eigenvalue weighted by molar-refractivity contribution is 1.13. The number of rotatable bonds is 1. The molecule has 0 aliphatic heterocycles. The lowest BCUT2D eigenvalue weighted by atomic mass is 10.2. The number of imidazole rings is 1. The summed E-state index contributed by atoms with van der Waals surface area (Å²) in [4.78, 5) is 10.6. The first-order valence-electron chi connectivity index (χ1n) is 7.06. The van der Waals surface area contributed by atoms with Gasteiger partial charge in [0, 0.05) is 18.0 Å². The molecule has 0 saturated heterocycles. The number of aromatic nitrogens is 3. The van der Waals surface area contributed by atoms with Crippen molar-refractivity contribution < 1.29 is 0 Å². The highest BCUT2D eigenvalue weighted by Gasteiger charge is 2.12. The molecule has 0 aliphatic carbocycles. The Morgan fingerprint density at radius 3 is 2.67 bits per heavy atom. The fourth-order valence-electron chi connectivity index (χ4n) is 2.29. The number of fused-ring (bicyclic) bond motifs is 1. The number of hydrogen-bond acceptors (Lipinski definition) is 4. The first-order chi connectivity index (χ1) is 11.3. The molecule has 0 unspecified atom stereocenters. The fourth-order valence-corrected chi connectivity index (χ4v) is 3.15. The summed E-state index contributed by atoms with van der Waals surface area (Å²) in [5, 5.41) is 0. The molecule has 6 heteroatoms. The summed E-state index contributed by atoms with van der Waals surface area (Å²) >= 11 is 1.58. The van der Waals surface area contributed by atoms with Crippen LogP contribution >= 0.6 is 23.7 Å². The minimum atomic E-state index is 0. The van der Waals surface area contributed by atoms with Crippen LogP contribution in [0.3, 0.4) is 0 Å². The van der Waals surface area contributed by atoms with Crippen LogP contribution in [0.1, 0.15) is 10.4 Å². The van der Waals surface area contributed by atoms with Gasteiger partial charge in [0.05, 0.1) is 16.0 Å². The molecule has 24 heavy (non-hydrogen) atoms. The van der Waals surface area contributed by atoms with Crippen LogP contribution < -0.4 is 5.73 Å². The smallest absolute Gasteiger partial charge is 0.157 e. The van der Waals surface area contributed by atoms with Gasteiger partial charge in [-0.05, 0) is 24.3 Å². The maximum atomic E-state index is 6.19. The molecule has 0 saturated carbocycles. The zero-order valence-corrected chi connectivity index (χ0v) is 14.1. The Labute approximate surface area is 149 Å². The normalized spacial score (nSPS) is 10.0. The van der Waals surface area contributed by atoms with Crippen LogP contribution in [0.25, 0.3) is 16.2 Å². The van der Waals surface area contributed by atoms with E-state index in [1.165, 1.54) is 0 Å². The Hall–Kier alpha value is -2.81. The van der Waals surface area contributed by atoms with Crippen molar-refractivity contribution in [3.05, 3.63) is 71.5 Å².